The number of phenolic OH excluding ortho intramolecular Hbond substituents is 1. The highest BCUT2D eigenvalue weighted by molar-refractivity contribution is 6.32. The second-order valence-corrected chi connectivity index (χ2v) is 5.91. The number of halogens is 1. The van der Waals surface area contributed by atoms with E-state index < -0.39 is 17.7 Å². The lowest BCUT2D eigenvalue weighted by Crippen LogP contribution is -2.32. The van der Waals surface area contributed by atoms with Crippen molar-refractivity contribution in [2.45, 2.75) is 39.2 Å². The summed E-state index contributed by atoms with van der Waals surface area (Å²) in [5, 5.41) is 19.9. The van der Waals surface area contributed by atoms with Gasteiger partial charge in [-0.2, -0.15) is 0 Å². The minimum atomic E-state index is -0.667. The standard InChI is InChI=1S/C17H20ClNO4/c1-3-5-8-19-15(10-6-7-13(21)11(18)9-10)14(12(20)4-2)16(22)17(19)23/h6-7,9,15,21-22H,3-5,8H2,1-2H3. The molecule has 124 valence electrons. The molecule has 0 saturated heterocycles. The van der Waals surface area contributed by atoms with Crippen LogP contribution in [0.5, 0.6) is 5.75 Å². The summed E-state index contributed by atoms with van der Waals surface area (Å²) in [4.78, 5) is 26.1. The van der Waals surface area contributed by atoms with E-state index in [1.807, 2.05) is 6.92 Å². The van der Waals surface area contributed by atoms with Gasteiger partial charge in [-0.1, -0.05) is 37.9 Å². The van der Waals surface area contributed by atoms with Gasteiger partial charge in [-0.3, -0.25) is 9.59 Å². The molecule has 1 unspecified atom stereocenters. The Balaban J connectivity index is 2.52. The molecule has 6 heteroatoms. The van der Waals surface area contributed by atoms with Gasteiger partial charge in [-0.05, 0) is 24.1 Å². The highest BCUT2D eigenvalue weighted by Crippen LogP contribution is 2.40. The number of benzene rings is 1. The smallest absolute Gasteiger partial charge is 0.290 e. The molecule has 0 spiro atoms. The average molecular weight is 338 g/mol. The third kappa shape index (κ3) is 3.20. The zero-order valence-corrected chi connectivity index (χ0v) is 13.9. The van der Waals surface area contributed by atoms with Crippen LogP contribution < -0.4 is 0 Å². The molecule has 0 aliphatic carbocycles. The first-order valence-electron chi connectivity index (χ1n) is 7.68. The summed E-state index contributed by atoms with van der Waals surface area (Å²) in [6.07, 6.45) is 1.83. The van der Waals surface area contributed by atoms with E-state index in [2.05, 4.69) is 0 Å². The number of carbonyl (C=O) groups excluding carboxylic acids is 2. The predicted octanol–water partition coefficient (Wildman–Crippen LogP) is 3.52. The van der Waals surface area contributed by atoms with Crippen LogP contribution in [-0.2, 0) is 9.59 Å². The molecule has 23 heavy (non-hydrogen) atoms. The van der Waals surface area contributed by atoms with E-state index in [-0.39, 0.29) is 28.5 Å². The molecular weight excluding hydrogens is 318 g/mol. The topological polar surface area (TPSA) is 77.8 Å². The van der Waals surface area contributed by atoms with Gasteiger partial charge in [-0.25, -0.2) is 0 Å². The molecule has 1 atom stereocenters. The molecule has 1 aliphatic rings. The number of ketones is 1. The minimum absolute atomic E-state index is 0.0728. The van der Waals surface area contributed by atoms with Crippen LogP contribution in [0.4, 0.5) is 0 Å². The predicted molar refractivity (Wildman–Crippen MR) is 87.4 cm³/mol. The van der Waals surface area contributed by atoms with Gasteiger partial charge in [0.05, 0.1) is 16.6 Å². The summed E-state index contributed by atoms with van der Waals surface area (Å²) in [5.41, 5.74) is 0.702. The van der Waals surface area contributed by atoms with E-state index in [0.29, 0.717) is 12.1 Å². The third-order valence-electron chi connectivity index (χ3n) is 3.97. The highest BCUT2D eigenvalue weighted by atomic mass is 35.5. The molecule has 1 heterocycles. The monoisotopic (exact) mass is 337 g/mol. The fourth-order valence-electron chi connectivity index (χ4n) is 2.73. The molecule has 0 radical (unpaired) electrons. The fraction of sp³-hybridized carbons (Fsp3) is 0.412. The van der Waals surface area contributed by atoms with Crippen molar-refractivity contribution in [3.8, 4) is 5.75 Å². The van der Waals surface area contributed by atoms with Crippen LogP contribution in [0.15, 0.2) is 29.5 Å². The van der Waals surface area contributed by atoms with Gasteiger partial charge in [0.15, 0.2) is 11.5 Å². The second kappa shape index (κ2) is 7.04. The molecule has 0 aromatic heterocycles. The van der Waals surface area contributed by atoms with E-state index in [1.165, 1.54) is 17.0 Å². The van der Waals surface area contributed by atoms with Crippen molar-refractivity contribution in [1.29, 1.82) is 0 Å². The van der Waals surface area contributed by atoms with Gasteiger partial charge in [0, 0.05) is 13.0 Å². The molecular formula is C17H20ClNO4. The molecule has 0 bridgehead atoms. The first kappa shape index (κ1) is 17.3. The number of hydrogen-bond donors (Lipinski definition) is 2. The normalized spacial score (nSPS) is 18.0. The molecule has 1 aromatic carbocycles. The molecule has 5 nitrogen and oxygen atoms in total. The highest BCUT2D eigenvalue weighted by Gasteiger charge is 2.42. The number of Topliss-reactive ketones (excluding diaryl/α,β-unsaturated/α-hetero) is 1. The average Bonchev–Trinajstić information content (AvgIpc) is 2.79. The van der Waals surface area contributed by atoms with Crippen LogP contribution in [0.1, 0.15) is 44.7 Å². The Labute approximate surface area is 140 Å². The number of aliphatic hydroxyl groups excluding tert-OH is 1. The molecule has 0 fully saturated rings. The zero-order chi connectivity index (χ0) is 17.1. The molecule has 1 aliphatic heterocycles. The molecule has 0 saturated carbocycles. The van der Waals surface area contributed by atoms with E-state index in [9.17, 15) is 19.8 Å². The van der Waals surface area contributed by atoms with Crippen LogP contribution in [0.3, 0.4) is 0 Å². The zero-order valence-electron chi connectivity index (χ0n) is 13.2. The van der Waals surface area contributed by atoms with Gasteiger partial charge >= 0.3 is 0 Å². The van der Waals surface area contributed by atoms with Crippen LogP contribution in [0, 0.1) is 0 Å². The van der Waals surface area contributed by atoms with Crippen molar-refractivity contribution in [3.05, 3.63) is 40.1 Å². The number of nitrogens with zero attached hydrogens (tertiary/aromatic N) is 1. The number of carbonyl (C=O) groups is 2. The van der Waals surface area contributed by atoms with Crippen molar-refractivity contribution >= 4 is 23.3 Å². The summed E-state index contributed by atoms with van der Waals surface area (Å²) < 4.78 is 0. The van der Waals surface area contributed by atoms with Gasteiger partial charge < -0.3 is 15.1 Å². The van der Waals surface area contributed by atoms with Gasteiger partial charge in [0.25, 0.3) is 5.91 Å². The second-order valence-electron chi connectivity index (χ2n) is 5.50. The van der Waals surface area contributed by atoms with Crippen LogP contribution in [0.25, 0.3) is 0 Å². The fourth-order valence-corrected chi connectivity index (χ4v) is 2.92. The maximum Gasteiger partial charge on any atom is 0.290 e. The van der Waals surface area contributed by atoms with E-state index in [0.717, 1.165) is 12.8 Å². The quantitative estimate of drug-likeness (QED) is 0.832. The van der Waals surface area contributed by atoms with Crippen molar-refractivity contribution in [2.75, 3.05) is 6.54 Å². The molecule has 2 rings (SSSR count). The Hall–Kier alpha value is -2.01. The number of unbranched alkanes of at least 4 members (excludes halogenated alkanes) is 1. The van der Waals surface area contributed by atoms with Gasteiger partial charge in [-0.15, -0.1) is 0 Å². The summed E-state index contributed by atoms with van der Waals surface area (Å²) in [5.74, 6) is -1.37. The van der Waals surface area contributed by atoms with Crippen LogP contribution in [-0.4, -0.2) is 33.3 Å². The van der Waals surface area contributed by atoms with Crippen molar-refractivity contribution in [1.82, 2.24) is 4.90 Å². The lowest BCUT2D eigenvalue weighted by atomic mass is 9.95. The maximum absolute atomic E-state index is 12.4. The van der Waals surface area contributed by atoms with Gasteiger partial charge in [0.2, 0.25) is 0 Å². The number of phenols is 1. The van der Waals surface area contributed by atoms with E-state index in [1.54, 1.807) is 13.0 Å². The lowest BCUT2D eigenvalue weighted by molar-refractivity contribution is -0.129. The number of amides is 1. The first-order chi connectivity index (χ1) is 10.9. The van der Waals surface area contributed by atoms with Crippen LogP contribution >= 0.6 is 11.6 Å². The number of aliphatic hydroxyl groups is 1. The molecule has 1 amide bonds. The summed E-state index contributed by atoms with van der Waals surface area (Å²) in [7, 11) is 0. The Bertz CT molecular complexity index is 669. The maximum atomic E-state index is 12.4. The molecule has 2 N–H and O–H groups in total. The first-order valence-corrected chi connectivity index (χ1v) is 8.05. The minimum Gasteiger partial charge on any atom is -0.506 e. The third-order valence-corrected chi connectivity index (χ3v) is 4.27. The number of aromatic hydroxyl groups is 1. The van der Waals surface area contributed by atoms with E-state index >= 15 is 0 Å². The summed E-state index contributed by atoms with van der Waals surface area (Å²) >= 11 is 5.96. The Morgan fingerprint density at radius 3 is 2.57 bits per heavy atom. The Morgan fingerprint density at radius 2 is 2.00 bits per heavy atom. The van der Waals surface area contributed by atoms with Crippen molar-refractivity contribution < 1.29 is 19.8 Å². The van der Waals surface area contributed by atoms with Gasteiger partial charge in [0.1, 0.15) is 5.75 Å². The van der Waals surface area contributed by atoms with E-state index in [4.69, 9.17) is 11.6 Å². The Morgan fingerprint density at radius 1 is 1.30 bits per heavy atom. The van der Waals surface area contributed by atoms with Crippen LogP contribution in [0.2, 0.25) is 5.02 Å². The number of rotatable bonds is 6. The summed E-state index contributed by atoms with van der Waals surface area (Å²) in [6.45, 7) is 4.12. The number of hydrogen-bond acceptors (Lipinski definition) is 4. The Kier molecular flexibility index (Phi) is 5.31. The SMILES string of the molecule is CCCCN1C(=O)C(O)=C(C(=O)CC)C1c1ccc(O)c(Cl)c1. The van der Waals surface area contributed by atoms with Crippen molar-refractivity contribution in [2.24, 2.45) is 0 Å². The van der Waals surface area contributed by atoms with Crippen molar-refractivity contribution in [3.63, 3.8) is 0 Å². The largest absolute Gasteiger partial charge is 0.506 e. The summed E-state index contributed by atoms with van der Waals surface area (Å²) in [6, 6.07) is 3.89. The molecule has 1 aromatic rings. The lowest BCUT2D eigenvalue weighted by Gasteiger charge is -2.27.